The third kappa shape index (κ3) is 5.39. The number of alkyl halides is 3. The number of rotatable bonds is 6. The quantitative estimate of drug-likeness (QED) is 0.360. The summed E-state index contributed by atoms with van der Waals surface area (Å²) in [6.45, 7) is 6.63. The van der Waals surface area contributed by atoms with Crippen LogP contribution in [0.1, 0.15) is 54.7 Å². The maximum Gasteiger partial charge on any atom is 0.416 e. The molecular formula is C27H29BrF3N5O. The highest BCUT2D eigenvalue weighted by Gasteiger charge is 2.34. The average molecular weight is 576 g/mol. The topological polar surface area (TPSA) is 70.2 Å². The van der Waals surface area contributed by atoms with Crippen LogP contribution < -0.4 is 15.5 Å². The molecule has 37 heavy (non-hydrogen) atoms. The number of nitrogens with zero attached hydrogens (tertiary/aromatic N) is 3. The summed E-state index contributed by atoms with van der Waals surface area (Å²) in [4.78, 5) is 23.6. The summed E-state index contributed by atoms with van der Waals surface area (Å²) in [6.07, 6.45) is -1.59. The first-order valence-corrected chi connectivity index (χ1v) is 13.3. The fourth-order valence-electron chi connectivity index (χ4n) is 5.08. The Hall–Kier alpha value is -2.88. The highest BCUT2D eigenvalue weighted by molar-refractivity contribution is 9.10. The summed E-state index contributed by atoms with van der Waals surface area (Å²) in [5.41, 5.74) is 1.83. The number of fused-ring (bicyclic) bond motifs is 1. The number of aromatic nitrogens is 2. The molecule has 1 saturated carbocycles. The lowest BCUT2D eigenvalue weighted by atomic mass is 9.97. The Labute approximate surface area is 222 Å². The molecule has 2 atom stereocenters. The number of halogens is 4. The molecule has 0 radical (unpaired) electrons. The highest BCUT2D eigenvalue weighted by atomic mass is 79.9. The molecule has 0 spiro atoms. The number of benzene rings is 2. The van der Waals surface area contributed by atoms with Gasteiger partial charge in [0.25, 0.3) is 0 Å². The molecule has 2 aromatic carbocycles. The van der Waals surface area contributed by atoms with Crippen LogP contribution in [-0.4, -0.2) is 35.0 Å². The maximum absolute atomic E-state index is 13.5. The minimum Gasteiger partial charge on any atom is -0.368 e. The summed E-state index contributed by atoms with van der Waals surface area (Å²) >= 11 is 3.69. The molecule has 1 aliphatic carbocycles. The SMILES string of the molecule is Cc1nc(NC(C)c2cccc(C(F)(F)F)c2C)c2cc(N3CC[C@H](NC(=O)C4CC4)C3)c(Br)cc2n1. The van der Waals surface area contributed by atoms with E-state index < -0.39 is 17.8 Å². The smallest absolute Gasteiger partial charge is 0.368 e. The highest BCUT2D eigenvalue weighted by Crippen LogP contribution is 2.38. The van der Waals surface area contributed by atoms with E-state index in [1.165, 1.54) is 13.0 Å². The van der Waals surface area contributed by atoms with Gasteiger partial charge in [-0.15, -0.1) is 0 Å². The van der Waals surface area contributed by atoms with Gasteiger partial charge in [-0.05, 0) is 85.3 Å². The predicted octanol–water partition coefficient (Wildman–Crippen LogP) is 6.31. The monoisotopic (exact) mass is 575 g/mol. The van der Waals surface area contributed by atoms with Crippen molar-refractivity contribution in [2.45, 2.75) is 58.3 Å². The van der Waals surface area contributed by atoms with Crippen molar-refractivity contribution in [3.63, 3.8) is 0 Å². The second-order valence-electron chi connectivity index (χ2n) is 10.0. The lowest BCUT2D eigenvalue weighted by Gasteiger charge is -2.23. The molecule has 196 valence electrons. The van der Waals surface area contributed by atoms with Gasteiger partial charge in [0, 0.05) is 34.9 Å². The van der Waals surface area contributed by atoms with E-state index in [9.17, 15) is 18.0 Å². The fraction of sp³-hybridized carbons (Fsp3) is 0.444. The maximum atomic E-state index is 13.5. The average Bonchev–Trinajstić information content (AvgIpc) is 3.57. The number of carbonyl (C=O) groups excluding carboxylic acids is 1. The zero-order valence-electron chi connectivity index (χ0n) is 20.9. The summed E-state index contributed by atoms with van der Waals surface area (Å²) < 4.78 is 41.3. The molecule has 1 saturated heterocycles. The lowest BCUT2D eigenvalue weighted by molar-refractivity contribution is -0.138. The van der Waals surface area contributed by atoms with E-state index in [0.717, 1.165) is 52.9 Å². The minimum absolute atomic E-state index is 0.103. The van der Waals surface area contributed by atoms with Gasteiger partial charge in [-0.25, -0.2) is 9.97 Å². The van der Waals surface area contributed by atoms with Crippen molar-refractivity contribution in [1.29, 1.82) is 0 Å². The molecule has 1 aromatic heterocycles. The van der Waals surface area contributed by atoms with Crippen LogP contribution >= 0.6 is 15.9 Å². The molecule has 0 bridgehead atoms. The van der Waals surface area contributed by atoms with Crippen molar-refractivity contribution in [3.8, 4) is 0 Å². The molecule has 2 fully saturated rings. The summed E-state index contributed by atoms with van der Waals surface area (Å²) in [7, 11) is 0. The molecular weight excluding hydrogens is 547 g/mol. The largest absolute Gasteiger partial charge is 0.416 e. The number of aryl methyl sites for hydroxylation is 1. The number of carbonyl (C=O) groups is 1. The zero-order valence-corrected chi connectivity index (χ0v) is 22.5. The number of hydrogen-bond donors (Lipinski definition) is 2. The van der Waals surface area contributed by atoms with E-state index in [1.54, 1.807) is 13.0 Å². The van der Waals surface area contributed by atoms with E-state index in [4.69, 9.17) is 0 Å². The molecule has 2 heterocycles. The lowest BCUT2D eigenvalue weighted by Crippen LogP contribution is -2.38. The Bertz CT molecular complexity index is 1360. The first kappa shape index (κ1) is 25.8. The molecule has 5 rings (SSSR count). The van der Waals surface area contributed by atoms with Gasteiger partial charge in [0.15, 0.2) is 0 Å². The Balaban J connectivity index is 1.44. The Morgan fingerprint density at radius 1 is 1.16 bits per heavy atom. The van der Waals surface area contributed by atoms with Crippen LogP contribution in [0.2, 0.25) is 0 Å². The second-order valence-corrected chi connectivity index (χ2v) is 10.9. The van der Waals surface area contributed by atoms with Crippen LogP contribution in [0.4, 0.5) is 24.7 Å². The molecule has 1 unspecified atom stereocenters. The van der Waals surface area contributed by atoms with Crippen molar-refractivity contribution >= 4 is 44.2 Å². The van der Waals surface area contributed by atoms with Gasteiger partial charge < -0.3 is 15.5 Å². The molecule has 10 heteroatoms. The number of anilines is 2. The van der Waals surface area contributed by atoms with Crippen LogP contribution in [0.15, 0.2) is 34.8 Å². The predicted molar refractivity (Wildman–Crippen MR) is 142 cm³/mol. The Morgan fingerprint density at radius 3 is 2.62 bits per heavy atom. The molecule has 3 aromatic rings. The Kier molecular flexibility index (Phi) is 6.81. The van der Waals surface area contributed by atoms with Gasteiger partial charge in [-0.1, -0.05) is 12.1 Å². The van der Waals surface area contributed by atoms with Crippen molar-refractivity contribution in [2.24, 2.45) is 5.92 Å². The number of amides is 1. The van der Waals surface area contributed by atoms with Crippen LogP contribution in [0.25, 0.3) is 10.9 Å². The van der Waals surface area contributed by atoms with E-state index in [-0.39, 0.29) is 23.4 Å². The van der Waals surface area contributed by atoms with Crippen molar-refractivity contribution < 1.29 is 18.0 Å². The van der Waals surface area contributed by atoms with Crippen molar-refractivity contribution in [2.75, 3.05) is 23.3 Å². The normalized spacial score (nSPS) is 18.8. The summed E-state index contributed by atoms with van der Waals surface area (Å²) in [5, 5.41) is 7.29. The standard InChI is InChI=1S/C27H29BrF3N5O/c1-14-19(5-4-6-21(14)27(29,30)31)15(2)32-25-20-11-24(22(28)12-23(20)33-16(3)34-25)36-10-9-18(13-36)35-26(37)17-7-8-17/h4-6,11-12,15,17-18H,7-10,13H2,1-3H3,(H,35,37)(H,32,33,34)/t15?,18-/m0/s1. The van der Waals surface area contributed by atoms with Crippen molar-refractivity contribution in [3.05, 3.63) is 57.3 Å². The van der Waals surface area contributed by atoms with Crippen LogP contribution in [0.5, 0.6) is 0 Å². The first-order valence-electron chi connectivity index (χ1n) is 12.5. The van der Waals surface area contributed by atoms with Gasteiger partial charge in [-0.3, -0.25) is 4.79 Å². The summed E-state index contributed by atoms with van der Waals surface area (Å²) in [6, 6.07) is 7.90. The number of nitrogens with one attached hydrogen (secondary N) is 2. The Morgan fingerprint density at radius 2 is 1.92 bits per heavy atom. The van der Waals surface area contributed by atoms with Crippen LogP contribution in [0, 0.1) is 19.8 Å². The van der Waals surface area contributed by atoms with Gasteiger partial charge in [-0.2, -0.15) is 13.2 Å². The molecule has 1 aliphatic heterocycles. The van der Waals surface area contributed by atoms with Crippen LogP contribution in [-0.2, 0) is 11.0 Å². The van der Waals surface area contributed by atoms with E-state index in [0.29, 0.717) is 23.8 Å². The van der Waals surface area contributed by atoms with Gasteiger partial charge in [0.2, 0.25) is 5.91 Å². The molecule has 6 nitrogen and oxygen atoms in total. The van der Waals surface area contributed by atoms with Crippen molar-refractivity contribution in [1.82, 2.24) is 15.3 Å². The van der Waals surface area contributed by atoms with E-state index in [1.807, 2.05) is 19.1 Å². The van der Waals surface area contributed by atoms with Gasteiger partial charge in [0.1, 0.15) is 11.6 Å². The second kappa shape index (κ2) is 9.78. The van der Waals surface area contributed by atoms with Gasteiger partial charge >= 0.3 is 6.18 Å². The molecule has 2 N–H and O–H groups in total. The first-order chi connectivity index (χ1) is 17.5. The van der Waals surface area contributed by atoms with E-state index in [2.05, 4.69) is 41.4 Å². The third-order valence-electron chi connectivity index (χ3n) is 7.20. The molecule has 1 amide bonds. The minimum atomic E-state index is -4.41. The number of hydrogen-bond acceptors (Lipinski definition) is 5. The molecule has 2 aliphatic rings. The van der Waals surface area contributed by atoms with Gasteiger partial charge in [0.05, 0.1) is 22.8 Å². The van der Waals surface area contributed by atoms with E-state index >= 15 is 0 Å². The fourth-order valence-corrected chi connectivity index (χ4v) is 5.66. The van der Waals surface area contributed by atoms with Crippen LogP contribution in [0.3, 0.4) is 0 Å². The zero-order chi connectivity index (χ0) is 26.5. The third-order valence-corrected chi connectivity index (χ3v) is 7.84. The summed E-state index contributed by atoms with van der Waals surface area (Å²) in [5.74, 6) is 1.46.